The highest BCUT2D eigenvalue weighted by molar-refractivity contribution is 6.12. The molecule has 5 heteroatoms. The average Bonchev–Trinajstić information content (AvgIpc) is 2.53. The summed E-state index contributed by atoms with van der Waals surface area (Å²) in [6.45, 7) is 12.6. The highest BCUT2D eigenvalue weighted by Gasteiger charge is 2.47. The zero-order chi connectivity index (χ0) is 16.4. The fourth-order valence-corrected chi connectivity index (χ4v) is 2.13. The smallest absolute Gasteiger partial charge is 0.248 e. The quantitative estimate of drug-likeness (QED) is 0.745. The highest BCUT2D eigenvalue weighted by Crippen LogP contribution is 2.26. The largest absolute Gasteiger partial charge is 0.373 e. The number of Topliss-reactive ketones (excluding diaryl/α,β-unsaturated/α-hetero) is 1. The van der Waals surface area contributed by atoms with Crippen molar-refractivity contribution >= 4 is 11.7 Å². The van der Waals surface area contributed by atoms with Gasteiger partial charge in [0.25, 0.3) is 0 Å². The monoisotopic (exact) mass is 294 g/mol. The van der Waals surface area contributed by atoms with E-state index in [1.165, 1.54) is 4.90 Å². The summed E-state index contributed by atoms with van der Waals surface area (Å²) in [4.78, 5) is 26.0. The van der Waals surface area contributed by atoms with Gasteiger partial charge in [0.2, 0.25) is 5.91 Å². The van der Waals surface area contributed by atoms with Gasteiger partial charge in [0.05, 0.1) is 18.3 Å². The lowest BCUT2D eigenvalue weighted by atomic mass is 9.92. The van der Waals surface area contributed by atoms with Crippen molar-refractivity contribution in [1.29, 1.82) is 5.26 Å². The van der Waals surface area contributed by atoms with Crippen LogP contribution in [0.4, 0.5) is 0 Å². The molecular formula is C16H26N2O3. The average molecular weight is 294 g/mol. The van der Waals surface area contributed by atoms with Crippen molar-refractivity contribution in [1.82, 2.24) is 4.90 Å². The van der Waals surface area contributed by atoms with Crippen LogP contribution in [0.1, 0.15) is 48.0 Å². The number of amides is 1. The van der Waals surface area contributed by atoms with Crippen molar-refractivity contribution in [3.05, 3.63) is 0 Å². The Morgan fingerprint density at radius 3 is 2.19 bits per heavy atom. The maximum Gasteiger partial charge on any atom is 0.248 e. The van der Waals surface area contributed by atoms with Gasteiger partial charge in [-0.15, -0.1) is 0 Å². The zero-order valence-corrected chi connectivity index (χ0v) is 13.9. The lowest BCUT2D eigenvalue weighted by Crippen LogP contribution is -2.42. The summed E-state index contributed by atoms with van der Waals surface area (Å²) in [7, 11) is 0. The van der Waals surface area contributed by atoms with Gasteiger partial charge in [0.1, 0.15) is 6.04 Å². The molecule has 1 saturated heterocycles. The molecule has 1 rings (SSSR count). The molecule has 0 aliphatic carbocycles. The Balaban J connectivity index is 2.86. The van der Waals surface area contributed by atoms with Crippen LogP contribution in [0.2, 0.25) is 0 Å². The van der Waals surface area contributed by atoms with Crippen LogP contribution in [0.25, 0.3) is 0 Å². The fraction of sp³-hybridized carbons (Fsp3) is 0.812. The molecule has 0 bridgehead atoms. The van der Waals surface area contributed by atoms with E-state index in [1.807, 2.05) is 26.8 Å². The van der Waals surface area contributed by atoms with Crippen LogP contribution in [0.5, 0.6) is 0 Å². The third kappa shape index (κ3) is 4.82. The molecule has 0 N–H and O–H groups in total. The van der Waals surface area contributed by atoms with Crippen molar-refractivity contribution in [3.8, 4) is 6.07 Å². The van der Waals surface area contributed by atoms with Gasteiger partial charge in [0, 0.05) is 6.54 Å². The van der Waals surface area contributed by atoms with Gasteiger partial charge in [-0.25, -0.2) is 0 Å². The Morgan fingerprint density at radius 1 is 1.19 bits per heavy atom. The Hall–Kier alpha value is -1.41. The van der Waals surface area contributed by atoms with Gasteiger partial charge in [-0.2, -0.15) is 5.26 Å². The number of likely N-dealkylation sites (tertiary alicyclic amines) is 1. The number of hydrogen-bond donors (Lipinski definition) is 0. The van der Waals surface area contributed by atoms with Crippen molar-refractivity contribution in [2.75, 3.05) is 13.2 Å². The molecule has 0 spiro atoms. The van der Waals surface area contributed by atoms with Gasteiger partial charge in [-0.05, 0) is 32.6 Å². The minimum Gasteiger partial charge on any atom is -0.373 e. The van der Waals surface area contributed by atoms with Gasteiger partial charge < -0.3 is 9.64 Å². The second-order valence-corrected chi connectivity index (χ2v) is 7.75. The molecule has 21 heavy (non-hydrogen) atoms. The second kappa shape index (κ2) is 6.15. The minimum atomic E-state index is -1.17. The number of nitrogens with zero attached hydrogens (tertiary/aromatic N) is 2. The fourth-order valence-electron chi connectivity index (χ4n) is 2.13. The summed E-state index contributed by atoms with van der Waals surface area (Å²) >= 11 is 0. The molecule has 1 aliphatic rings. The number of nitriles is 1. The van der Waals surface area contributed by atoms with Gasteiger partial charge in [-0.3, -0.25) is 9.59 Å². The van der Waals surface area contributed by atoms with Crippen LogP contribution in [-0.2, 0) is 14.3 Å². The molecule has 0 saturated carbocycles. The van der Waals surface area contributed by atoms with E-state index in [2.05, 4.69) is 20.8 Å². The molecule has 118 valence electrons. The zero-order valence-electron chi connectivity index (χ0n) is 13.9. The molecule has 2 atom stereocenters. The van der Waals surface area contributed by atoms with Crippen LogP contribution in [0.15, 0.2) is 0 Å². The summed E-state index contributed by atoms with van der Waals surface area (Å²) in [5, 5.41) is 9.04. The standard InChI is InChI=1S/C16H26N2O3/c1-15(2,3)7-8-18-12(10-21-16(4,5)6)13(19)11(9-17)14(18)20/h11-12H,7-8,10H2,1-6H3/t11?,12-/m0/s1. The van der Waals surface area contributed by atoms with E-state index in [0.717, 1.165) is 6.42 Å². The summed E-state index contributed by atoms with van der Waals surface area (Å²) in [5.74, 6) is -1.88. The van der Waals surface area contributed by atoms with Crippen molar-refractivity contribution < 1.29 is 14.3 Å². The predicted molar refractivity (Wildman–Crippen MR) is 79.4 cm³/mol. The molecule has 1 unspecified atom stereocenters. The summed E-state index contributed by atoms with van der Waals surface area (Å²) in [6, 6.07) is 1.19. The molecular weight excluding hydrogens is 268 g/mol. The number of carbonyl (C=O) groups excluding carboxylic acids is 2. The molecule has 1 heterocycles. The molecule has 0 aromatic heterocycles. The summed E-state index contributed by atoms with van der Waals surface area (Å²) in [6.07, 6.45) is 0.774. The SMILES string of the molecule is CC(C)(C)CCN1C(=O)C(C#N)C(=O)[C@@H]1COC(C)(C)C. The number of hydrogen-bond acceptors (Lipinski definition) is 4. The van der Waals surface area contributed by atoms with E-state index in [-0.39, 0.29) is 29.3 Å². The first kappa shape index (κ1) is 17.6. The Labute approximate surface area is 127 Å². The van der Waals surface area contributed by atoms with Crippen LogP contribution >= 0.6 is 0 Å². The lowest BCUT2D eigenvalue weighted by Gasteiger charge is -2.29. The maximum absolute atomic E-state index is 12.2. The van der Waals surface area contributed by atoms with E-state index >= 15 is 0 Å². The molecule has 5 nitrogen and oxygen atoms in total. The molecule has 0 aromatic carbocycles. The van der Waals surface area contributed by atoms with E-state index in [4.69, 9.17) is 10.00 Å². The van der Waals surface area contributed by atoms with E-state index in [1.54, 1.807) is 0 Å². The first-order valence-corrected chi connectivity index (χ1v) is 7.34. The number of ether oxygens (including phenoxy) is 1. The molecule has 1 amide bonds. The van der Waals surface area contributed by atoms with Gasteiger partial charge in [0.15, 0.2) is 11.7 Å². The van der Waals surface area contributed by atoms with Gasteiger partial charge in [-0.1, -0.05) is 20.8 Å². The third-order valence-corrected chi connectivity index (χ3v) is 3.43. The highest BCUT2D eigenvalue weighted by atomic mass is 16.5. The van der Waals surface area contributed by atoms with Crippen LogP contribution in [-0.4, -0.2) is 41.4 Å². The topological polar surface area (TPSA) is 70.4 Å². The second-order valence-electron chi connectivity index (χ2n) is 7.75. The predicted octanol–water partition coefficient (Wildman–Crippen LogP) is 2.16. The summed E-state index contributed by atoms with van der Waals surface area (Å²) < 4.78 is 5.66. The van der Waals surface area contributed by atoms with Crippen molar-refractivity contribution in [3.63, 3.8) is 0 Å². The normalized spacial score (nSPS) is 23.6. The van der Waals surface area contributed by atoms with Crippen LogP contribution in [0, 0.1) is 22.7 Å². The van der Waals surface area contributed by atoms with E-state index in [9.17, 15) is 9.59 Å². The Morgan fingerprint density at radius 2 is 1.76 bits per heavy atom. The molecule has 1 fully saturated rings. The van der Waals surface area contributed by atoms with E-state index < -0.39 is 12.0 Å². The molecule has 0 aromatic rings. The molecule has 1 aliphatic heterocycles. The van der Waals surface area contributed by atoms with Gasteiger partial charge >= 0.3 is 0 Å². The number of ketones is 1. The lowest BCUT2D eigenvalue weighted by molar-refractivity contribution is -0.132. The minimum absolute atomic E-state index is 0.0590. The van der Waals surface area contributed by atoms with Crippen LogP contribution < -0.4 is 0 Å². The van der Waals surface area contributed by atoms with Crippen molar-refractivity contribution in [2.24, 2.45) is 11.3 Å². The molecule has 0 radical (unpaired) electrons. The maximum atomic E-state index is 12.2. The first-order valence-electron chi connectivity index (χ1n) is 7.34. The van der Waals surface area contributed by atoms with E-state index in [0.29, 0.717) is 6.54 Å². The Kier molecular flexibility index (Phi) is 5.16. The third-order valence-electron chi connectivity index (χ3n) is 3.43. The van der Waals surface area contributed by atoms with Crippen molar-refractivity contribution in [2.45, 2.75) is 59.6 Å². The number of carbonyl (C=O) groups is 2. The van der Waals surface area contributed by atoms with Crippen LogP contribution in [0.3, 0.4) is 0 Å². The summed E-state index contributed by atoms with van der Waals surface area (Å²) in [5.41, 5.74) is -0.326. The first-order chi connectivity index (χ1) is 9.46. The number of rotatable bonds is 4. The Bertz CT molecular complexity index is 416.